The predicted molar refractivity (Wildman–Crippen MR) is 53.8 cm³/mol. The van der Waals surface area contributed by atoms with Crippen LogP contribution >= 0.6 is 11.3 Å². The zero-order chi connectivity index (χ0) is 9.31. The van der Waals surface area contributed by atoms with Crippen molar-refractivity contribution in [2.45, 2.75) is 12.5 Å². The largest absolute Gasteiger partial charge is 0.379 e. The highest BCUT2D eigenvalue weighted by Crippen LogP contribution is 2.28. The van der Waals surface area contributed by atoms with Crippen LogP contribution in [0.25, 0.3) is 0 Å². The van der Waals surface area contributed by atoms with Crippen molar-refractivity contribution in [1.29, 1.82) is 0 Å². The van der Waals surface area contributed by atoms with Crippen LogP contribution in [-0.4, -0.2) is 10.1 Å². The van der Waals surface area contributed by atoms with E-state index < -0.39 is 5.60 Å². The molecule has 0 aliphatic heterocycles. The maximum atomic E-state index is 10.2. The topological polar surface area (TPSA) is 36.0 Å². The van der Waals surface area contributed by atoms with E-state index in [4.69, 9.17) is 0 Å². The van der Waals surface area contributed by atoms with Gasteiger partial charge in [0.1, 0.15) is 5.60 Å². The van der Waals surface area contributed by atoms with Crippen LogP contribution in [0, 0.1) is 0 Å². The summed E-state index contributed by atoms with van der Waals surface area (Å²) in [5.41, 5.74) is 0.856. The summed E-state index contributed by atoms with van der Waals surface area (Å²) in [5, 5.41) is 14.1. The number of rotatable bonds is 2. The minimum atomic E-state index is -0.899. The standard InChI is InChI=1S/C10H11NOS/c1-10(12,8-4-6-13-7-8)9-3-2-5-11-9/h2-7,11-12H,1H3. The van der Waals surface area contributed by atoms with Gasteiger partial charge in [0, 0.05) is 6.20 Å². The predicted octanol–water partition coefficient (Wildman–Crippen LogP) is 2.33. The molecule has 1 atom stereocenters. The lowest BCUT2D eigenvalue weighted by molar-refractivity contribution is 0.0985. The number of thiophene rings is 1. The highest BCUT2D eigenvalue weighted by atomic mass is 32.1. The summed E-state index contributed by atoms with van der Waals surface area (Å²) in [6.45, 7) is 1.79. The molecular formula is C10H11NOS. The summed E-state index contributed by atoms with van der Waals surface area (Å²) < 4.78 is 0. The van der Waals surface area contributed by atoms with Crippen molar-refractivity contribution in [1.82, 2.24) is 4.98 Å². The van der Waals surface area contributed by atoms with Crippen LogP contribution in [0.1, 0.15) is 18.2 Å². The number of aromatic amines is 1. The van der Waals surface area contributed by atoms with Crippen LogP contribution in [0.5, 0.6) is 0 Å². The second kappa shape index (κ2) is 3.01. The van der Waals surface area contributed by atoms with E-state index >= 15 is 0 Å². The molecule has 2 aromatic heterocycles. The van der Waals surface area contributed by atoms with Crippen LogP contribution in [0.15, 0.2) is 35.2 Å². The van der Waals surface area contributed by atoms with E-state index in [2.05, 4.69) is 4.98 Å². The highest BCUT2D eigenvalue weighted by Gasteiger charge is 2.26. The van der Waals surface area contributed by atoms with Crippen molar-refractivity contribution < 1.29 is 5.11 Å². The van der Waals surface area contributed by atoms with Crippen LogP contribution in [0.4, 0.5) is 0 Å². The van der Waals surface area contributed by atoms with Crippen molar-refractivity contribution in [2.24, 2.45) is 0 Å². The molecule has 2 rings (SSSR count). The Hall–Kier alpha value is -1.06. The summed E-state index contributed by atoms with van der Waals surface area (Å²) in [6.07, 6.45) is 1.82. The van der Waals surface area contributed by atoms with Crippen molar-refractivity contribution in [3.8, 4) is 0 Å². The Kier molecular flexibility index (Phi) is 1.98. The van der Waals surface area contributed by atoms with Gasteiger partial charge in [0.05, 0.1) is 5.69 Å². The third-order valence-electron chi connectivity index (χ3n) is 2.21. The first kappa shape index (κ1) is 8.53. The zero-order valence-corrected chi connectivity index (χ0v) is 8.14. The molecule has 0 aromatic carbocycles. The molecular weight excluding hydrogens is 182 g/mol. The van der Waals surface area contributed by atoms with Gasteiger partial charge in [0.2, 0.25) is 0 Å². The molecule has 0 saturated heterocycles. The molecule has 2 nitrogen and oxygen atoms in total. The average molecular weight is 193 g/mol. The van der Waals surface area contributed by atoms with E-state index in [1.807, 2.05) is 35.2 Å². The van der Waals surface area contributed by atoms with E-state index in [-0.39, 0.29) is 0 Å². The lowest BCUT2D eigenvalue weighted by Gasteiger charge is -2.20. The molecule has 0 fully saturated rings. The molecule has 2 N–H and O–H groups in total. The quantitative estimate of drug-likeness (QED) is 0.754. The molecule has 2 aromatic rings. The molecule has 0 spiro atoms. The Morgan fingerprint density at radius 1 is 1.46 bits per heavy atom. The minimum Gasteiger partial charge on any atom is -0.379 e. The van der Waals surface area contributed by atoms with E-state index in [0.717, 1.165) is 11.3 Å². The van der Waals surface area contributed by atoms with Gasteiger partial charge >= 0.3 is 0 Å². The molecule has 0 radical (unpaired) electrons. The fourth-order valence-electron chi connectivity index (χ4n) is 1.33. The van der Waals surface area contributed by atoms with Crippen LogP contribution in [0.2, 0.25) is 0 Å². The SMILES string of the molecule is CC(O)(c1ccsc1)c1ccc[nH]1. The number of aromatic nitrogens is 1. The lowest BCUT2D eigenvalue weighted by atomic mass is 9.96. The third-order valence-corrected chi connectivity index (χ3v) is 2.89. The first-order chi connectivity index (χ1) is 6.21. The van der Waals surface area contributed by atoms with Gasteiger partial charge < -0.3 is 10.1 Å². The summed E-state index contributed by atoms with van der Waals surface area (Å²) in [7, 11) is 0. The third kappa shape index (κ3) is 1.41. The number of nitrogens with one attached hydrogen (secondary N) is 1. The molecule has 2 heterocycles. The number of H-pyrrole nitrogens is 1. The molecule has 1 unspecified atom stereocenters. The first-order valence-corrected chi connectivity index (χ1v) is 5.04. The zero-order valence-electron chi connectivity index (χ0n) is 7.32. The van der Waals surface area contributed by atoms with Gasteiger partial charge in [-0.2, -0.15) is 11.3 Å². The number of aliphatic hydroxyl groups is 1. The maximum Gasteiger partial charge on any atom is 0.127 e. The van der Waals surface area contributed by atoms with Crippen LogP contribution in [-0.2, 0) is 5.60 Å². The second-order valence-electron chi connectivity index (χ2n) is 3.17. The molecule has 13 heavy (non-hydrogen) atoms. The Labute approximate surface area is 80.9 Å². The Morgan fingerprint density at radius 2 is 2.31 bits per heavy atom. The monoisotopic (exact) mass is 193 g/mol. The van der Waals surface area contributed by atoms with Crippen molar-refractivity contribution in [2.75, 3.05) is 0 Å². The van der Waals surface area contributed by atoms with Crippen LogP contribution < -0.4 is 0 Å². The molecule has 0 saturated carbocycles. The van der Waals surface area contributed by atoms with Crippen LogP contribution in [0.3, 0.4) is 0 Å². The molecule has 0 amide bonds. The summed E-state index contributed by atoms with van der Waals surface area (Å²) in [6, 6.07) is 5.71. The number of hydrogen-bond donors (Lipinski definition) is 2. The van der Waals surface area contributed by atoms with E-state index in [1.165, 1.54) is 0 Å². The van der Waals surface area contributed by atoms with E-state index in [0.29, 0.717) is 0 Å². The van der Waals surface area contributed by atoms with Crippen molar-refractivity contribution >= 4 is 11.3 Å². The summed E-state index contributed by atoms with van der Waals surface area (Å²) >= 11 is 1.59. The van der Waals surface area contributed by atoms with Gasteiger partial charge in [-0.1, -0.05) is 0 Å². The summed E-state index contributed by atoms with van der Waals surface area (Å²) in [5.74, 6) is 0. The first-order valence-electron chi connectivity index (χ1n) is 4.10. The molecule has 0 aliphatic carbocycles. The maximum absolute atomic E-state index is 10.2. The van der Waals surface area contributed by atoms with Gasteiger partial charge in [-0.3, -0.25) is 0 Å². The highest BCUT2D eigenvalue weighted by molar-refractivity contribution is 7.08. The Morgan fingerprint density at radius 3 is 2.85 bits per heavy atom. The normalized spacial score (nSPS) is 15.5. The van der Waals surface area contributed by atoms with E-state index in [1.54, 1.807) is 18.3 Å². The number of hydrogen-bond acceptors (Lipinski definition) is 2. The van der Waals surface area contributed by atoms with Gasteiger partial charge in [-0.15, -0.1) is 0 Å². The minimum absolute atomic E-state index is 0.825. The van der Waals surface area contributed by atoms with E-state index in [9.17, 15) is 5.11 Å². The van der Waals surface area contributed by atoms with Crippen molar-refractivity contribution in [3.05, 3.63) is 46.4 Å². The Balaban J connectivity index is 2.42. The fourth-order valence-corrected chi connectivity index (χ4v) is 2.09. The fraction of sp³-hybridized carbons (Fsp3) is 0.200. The lowest BCUT2D eigenvalue weighted by Crippen LogP contribution is -2.22. The Bertz CT molecular complexity index is 325. The van der Waals surface area contributed by atoms with Gasteiger partial charge in [-0.25, -0.2) is 0 Å². The molecule has 3 heteroatoms. The van der Waals surface area contributed by atoms with Gasteiger partial charge in [0.15, 0.2) is 0 Å². The van der Waals surface area contributed by atoms with Gasteiger partial charge in [0.25, 0.3) is 0 Å². The van der Waals surface area contributed by atoms with Gasteiger partial charge in [-0.05, 0) is 41.4 Å². The van der Waals surface area contributed by atoms with Crippen molar-refractivity contribution in [3.63, 3.8) is 0 Å². The smallest absolute Gasteiger partial charge is 0.127 e. The molecule has 68 valence electrons. The molecule has 0 bridgehead atoms. The molecule has 0 aliphatic rings. The second-order valence-corrected chi connectivity index (χ2v) is 3.95. The average Bonchev–Trinajstić information content (AvgIpc) is 2.78. The summed E-state index contributed by atoms with van der Waals surface area (Å²) in [4.78, 5) is 3.02.